The number of hydrogen-bond acceptors (Lipinski definition) is 6. The van der Waals surface area contributed by atoms with Crippen LogP contribution in [0.15, 0.2) is 48.8 Å². The molecule has 3 aromatic rings. The Bertz CT molecular complexity index is 980. The van der Waals surface area contributed by atoms with Crippen LogP contribution in [0, 0.1) is 6.92 Å². The van der Waals surface area contributed by atoms with Gasteiger partial charge in [-0.3, -0.25) is 4.98 Å². The minimum Gasteiger partial charge on any atom is -0.394 e. The van der Waals surface area contributed by atoms with Gasteiger partial charge in [0.25, 0.3) is 0 Å². The van der Waals surface area contributed by atoms with Crippen molar-refractivity contribution >= 4 is 17.5 Å². The lowest BCUT2D eigenvalue weighted by molar-refractivity contribution is -0.138. The number of rotatable bonds is 6. The van der Waals surface area contributed by atoms with Crippen molar-refractivity contribution in [1.82, 2.24) is 15.0 Å². The molecule has 0 amide bonds. The van der Waals surface area contributed by atoms with Crippen LogP contribution >= 0.6 is 0 Å². The Morgan fingerprint density at radius 2 is 1.93 bits per heavy atom. The van der Waals surface area contributed by atoms with Gasteiger partial charge in [-0.15, -0.1) is 0 Å². The Hall–Kier alpha value is -3.20. The summed E-state index contributed by atoms with van der Waals surface area (Å²) < 4.78 is 39.6. The fourth-order valence-electron chi connectivity index (χ4n) is 2.72. The van der Waals surface area contributed by atoms with Crippen molar-refractivity contribution in [2.45, 2.75) is 26.1 Å². The van der Waals surface area contributed by atoms with Crippen molar-refractivity contribution in [3.63, 3.8) is 0 Å². The molecule has 0 aliphatic rings. The van der Waals surface area contributed by atoms with Crippen molar-refractivity contribution in [3.05, 3.63) is 59.9 Å². The van der Waals surface area contributed by atoms with Crippen LogP contribution in [-0.4, -0.2) is 32.7 Å². The third-order valence-corrected chi connectivity index (χ3v) is 4.23. The van der Waals surface area contributed by atoms with Crippen molar-refractivity contribution in [3.8, 4) is 11.3 Å². The van der Waals surface area contributed by atoms with E-state index in [0.29, 0.717) is 11.5 Å². The number of aliphatic hydroxyl groups is 1. The molecule has 0 bridgehead atoms. The average Bonchev–Trinajstić information content (AvgIpc) is 2.69. The van der Waals surface area contributed by atoms with Crippen molar-refractivity contribution < 1.29 is 18.3 Å². The van der Waals surface area contributed by atoms with Crippen LogP contribution in [0.3, 0.4) is 0 Å². The highest BCUT2D eigenvalue weighted by atomic mass is 19.4. The maximum atomic E-state index is 13.2. The molecule has 0 spiro atoms. The van der Waals surface area contributed by atoms with E-state index in [1.807, 2.05) is 6.07 Å². The molecular weight excluding hydrogens is 383 g/mol. The summed E-state index contributed by atoms with van der Waals surface area (Å²) in [5, 5.41) is 15.2. The molecule has 0 aliphatic carbocycles. The first-order valence-electron chi connectivity index (χ1n) is 8.88. The summed E-state index contributed by atoms with van der Waals surface area (Å²) in [4.78, 5) is 12.8. The number of halogens is 3. The molecule has 9 heteroatoms. The van der Waals surface area contributed by atoms with Crippen LogP contribution in [0.4, 0.5) is 30.6 Å². The Morgan fingerprint density at radius 3 is 2.59 bits per heavy atom. The largest absolute Gasteiger partial charge is 0.416 e. The van der Waals surface area contributed by atoms with Crippen LogP contribution < -0.4 is 10.6 Å². The molecule has 2 aromatic heterocycles. The second-order valence-electron chi connectivity index (χ2n) is 6.53. The Labute approximate surface area is 165 Å². The molecule has 1 atom stereocenters. The summed E-state index contributed by atoms with van der Waals surface area (Å²) >= 11 is 0. The summed E-state index contributed by atoms with van der Waals surface area (Å²) in [7, 11) is 0. The molecule has 0 fully saturated rings. The molecule has 1 aromatic carbocycles. The minimum atomic E-state index is -4.45. The number of aromatic nitrogens is 3. The van der Waals surface area contributed by atoms with Gasteiger partial charge >= 0.3 is 6.18 Å². The van der Waals surface area contributed by atoms with E-state index in [1.54, 1.807) is 37.5 Å². The maximum absolute atomic E-state index is 13.2. The summed E-state index contributed by atoms with van der Waals surface area (Å²) in [6.07, 6.45) is -1.19. The molecule has 0 saturated carbocycles. The van der Waals surface area contributed by atoms with E-state index < -0.39 is 11.7 Å². The second-order valence-corrected chi connectivity index (χ2v) is 6.53. The van der Waals surface area contributed by atoms with E-state index in [1.165, 1.54) is 13.0 Å². The number of anilines is 3. The fraction of sp³-hybridized carbons (Fsp3) is 0.250. The van der Waals surface area contributed by atoms with Crippen molar-refractivity contribution in [2.75, 3.05) is 17.2 Å². The molecular formula is C20H20F3N5O. The number of benzene rings is 1. The first kappa shape index (κ1) is 20.5. The van der Waals surface area contributed by atoms with E-state index in [4.69, 9.17) is 0 Å². The Morgan fingerprint density at radius 1 is 1.14 bits per heavy atom. The van der Waals surface area contributed by atoms with Crippen LogP contribution in [0.2, 0.25) is 0 Å². The van der Waals surface area contributed by atoms with Crippen molar-refractivity contribution in [2.24, 2.45) is 0 Å². The molecule has 0 unspecified atom stereocenters. The SMILES string of the molecule is Cc1c(Nc2cc(-c3cccnc3)nc(N[C@H](C)CO)n2)cccc1C(F)(F)F. The van der Waals surface area contributed by atoms with Gasteiger partial charge in [0.2, 0.25) is 5.95 Å². The molecule has 152 valence electrons. The average molecular weight is 403 g/mol. The predicted molar refractivity (Wildman–Crippen MR) is 105 cm³/mol. The van der Waals surface area contributed by atoms with E-state index in [9.17, 15) is 18.3 Å². The van der Waals surface area contributed by atoms with Gasteiger partial charge in [-0.1, -0.05) is 6.07 Å². The monoisotopic (exact) mass is 403 g/mol. The number of nitrogens with zero attached hydrogens (tertiary/aromatic N) is 3. The zero-order chi connectivity index (χ0) is 21.0. The van der Waals surface area contributed by atoms with Crippen LogP contribution in [-0.2, 0) is 6.18 Å². The molecule has 0 radical (unpaired) electrons. The zero-order valence-electron chi connectivity index (χ0n) is 15.8. The highest BCUT2D eigenvalue weighted by Gasteiger charge is 2.32. The highest BCUT2D eigenvalue weighted by Crippen LogP contribution is 2.35. The van der Waals surface area contributed by atoms with Gasteiger partial charge in [0.15, 0.2) is 0 Å². The summed E-state index contributed by atoms with van der Waals surface area (Å²) in [5.41, 5.74) is 0.902. The topological polar surface area (TPSA) is 83.0 Å². The van der Waals surface area contributed by atoms with Gasteiger partial charge in [0.05, 0.1) is 17.9 Å². The quantitative estimate of drug-likeness (QED) is 0.566. The minimum absolute atomic E-state index is 0.0692. The van der Waals surface area contributed by atoms with Gasteiger partial charge in [0, 0.05) is 35.8 Å². The van der Waals surface area contributed by atoms with Gasteiger partial charge < -0.3 is 15.7 Å². The van der Waals surface area contributed by atoms with E-state index in [0.717, 1.165) is 11.6 Å². The summed E-state index contributed by atoms with van der Waals surface area (Å²) in [6, 6.07) is 8.83. The molecule has 2 heterocycles. The van der Waals surface area contributed by atoms with Gasteiger partial charge in [-0.05, 0) is 43.7 Å². The second kappa shape index (κ2) is 8.44. The lowest BCUT2D eigenvalue weighted by atomic mass is 10.1. The first-order valence-corrected chi connectivity index (χ1v) is 8.88. The van der Waals surface area contributed by atoms with E-state index >= 15 is 0 Å². The molecule has 0 aliphatic heterocycles. The number of nitrogens with one attached hydrogen (secondary N) is 2. The molecule has 3 N–H and O–H groups in total. The standard InChI is InChI=1S/C20H20F3N5O/c1-12(11-29)25-19-27-17(14-5-4-8-24-10-14)9-18(28-19)26-16-7-3-6-15(13(16)2)20(21,22)23/h3-10,12,29H,11H2,1-2H3,(H2,25,26,27,28)/t12-/m1/s1. The van der Waals surface area contributed by atoms with Gasteiger partial charge in [0.1, 0.15) is 5.82 Å². The third-order valence-electron chi connectivity index (χ3n) is 4.23. The first-order chi connectivity index (χ1) is 13.8. The zero-order valence-corrected chi connectivity index (χ0v) is 15.8. The smallest absolute Gasteiger partial charge is 0.394 e. The predicted octanol–water partition coefficient (Wildman–Crippen LogP) is 4.40. The highest BCUT2D eigenvalue weighted by molar-refractivity contribution is 5.68. The number of alkyl halides is 3. The number of pyridine rings is 1. The maximum Gasteiger partial charge on any atom is 0.416 e. The van der Waals surface area contributed by atoms with Crippen LogP contribution in [0.5, 0.6) is 0 Å². The van der Waals surface area contributed by atoms with E-state index in [2.05, 4.69) is 25.6 Å². The molecule has 0 saturated heterocycles. The molecule has 29 heavy (non-hydrogen) atoms. The number of hydrogen-bond donors (Lipinski definition) is 3. The van der Waals surface area contributed by atoms with Gasteiger partial charge in [-0.25, -0.2) is 4.98 Å². The summed E-state index contributed by atoms with van der Waals surface area (Å²) in [6.45, 7) is 3.03. The van der Waals surface area contributed by atoms with Gasteiger partial charge in [-0.2, -0.15) is 18.2 Å². The lowest BCUT2D eigenvalue weighted by Crippen LogP contribution is -2.21. The normalized spacial score (nSPS) is 12.5. The summed E-state index contributed by atoms with van der Waals surface area (Å²) in [5.74, 6) is 0.550. The van der Waals surface area contributed by atoms with Crippen molar-refractivity contribution in [1.29, 1.82) is 0 Å². The van der Waals surface area contributed by atoms with Crippen LogP contribution in [0.25, 0.3) is 11.3 Å². The Kier molecular flexibility index (Phi) is 5.97. The Balaban J connectivity index is 2.02. The van der Waals surface area contributed by atoms with Crippen LogP contribution in [0.1, 0.15) is 18.1 Å². The lowest BCUT2D eigenvalue weighted by Gasteiger charge is -2.17. The third kappa shape index (κ3) is 5.00. The van der Waals surface area contributed by atoms with E-state index in [-0.39, 0.29) is 29.8 Å². The molecule has 3 rings (SSSR count). The number of aliphatic hydroxyl groups excluding tert-OH is 1. The fourth-order valence-corrected chi connectivity index (χ4v) is 2.72. The molecule has 6 nitrogen and oxygen atoms in total.